The van der Waals surface area contributed by atoms with Crippen LogP contribution in [0.5, 0.6) is 0 Å². The molecule has 0 aromatic carbocycles. The van der Waals surface area contributed by atoms with Crippen LogP contribution >= 0.6 is 0 Å². The van der Waals surface area contributed by atoms with Crippen molar-refractivity contribution in [3.63, 3.8) is 0 Å². The Kier molecular flexibility index (Phi) is 2.75. The molecular formula is C11H22O2. The topological polar surface area (TPSA) is 29.5 Å². The smallest absolute Gasteiger partial charge is 0.0633 e. The first-order chi connectivity index (χ1) is 5.80. The van der Waals surface area contributed by atoms with Crippen molar-refractivity contribution in [2.45, 2.75) is 52.7 Å². The van der Waals surface area contributed by atoms with Crippen LogP contribution in [0.3, 0.4) is 0 Å². The summed E-state index contributed by atoms with van der Waals surface area (Å²) in [4.78, 5) is 0. The van der Waals surface area contributed by atoms with Crippen molar-refractivity contribution in [2.75, 3.05) is 6.61 Å². The summed E-state index contributed by atoms with van der Waals surface area (Å²) in [5.41, 5.74) is -0.453. The van der Waals surface area contributed by atoms with Crippen LogP contribution in [-0.2, 0) is 4.74 Å². The zero-order valence-corrected chi connectivity index (χ0v) is 9.42. The maximum Gasteiger partial charge on any atom is 0.0633 e. The van der Waals surface area contributed by atoms with Gasteiger partial charge in [0.1, 0.15) is 0 Å². The minimum atomic E-state index is -0.572. The van der Waals surface area contributed by atoms with Gasteiger partial charge in [-0.3, -0.25) is 0 Å². The van der Waals surface area contributed by atoms with Gasteiger partial charge in [0.05, 0.1) is 11.7 Å². The summed E-state index contributed by atoms with van der Waals surface area (Å²) in [5.74, 6) is 0.358. The number of ether oxygens (including phenoxy) is 1. The van der Waals surface area contributed by atoms with E-state index in [0.29, 0.717) is 12.0 Å². The van der Waals surface area contributed by atoms with Gasteiger partial charge in [0, 0.05) is 6.61 Å². The highest BCUT2D eigenvalue weighted by atomic mass is 16.5. The lowest BCUT2D eigenvalue weighted by Crippen LogP contribution is -2.58. The molecule has 1 rings (SSSR count). The van der Waals surface area contributed by atoms with Crippen LogP contribution in [0.2, 0.25) is 0 Å². The fourth-order valence-corrected chi connectivity index (χ4v) is 2.57. The zero-order chi connectivity index (χ0) is 10.3. The third-order valence-electron chi connectivity index (χ3n) is 3.40. The van der Waals surface area contributed by atoms with Crippen LogP contribution in [0.25, 0.3) is 0 Å². The largest absolute Gasteiger partial charge is 0.390 e. The van der Waals surface area contributed by atoms with E-state index in [4.69, 9.17) is 4.74 Å². The molecule has 0 heterocycles. The second-order valence-corrected chi connectivity index (χ2v) is 5.21. The number of aliphatic hydroxyl groups is 1. The molecule has 0 radical (unpaired) electrons. The number of hydrogen-bond donors (Lipinski definition) is 1. The van der Waals surface area contributed by atoms with Crippen LogP contribution in [-0.4, -0.2) is 23.4 Å². The Morgan fingerprint density at radius 3 is 2.31 bits per heavy atom. The van der Waals surface area contributed by atoms with E-state index in [1.165, 1.54) is 0 Å². The minimum absolute atomic E-state index is 0.119. The highest BCUT2D eigenvalue weighted by Crippen LogP contribution is 2.52. The molecule has 2 atom stereocenters. The Morgan fingerprint density at radius 2 is 2.00 bits per heavy atom. The van der Waals surface area contributed by atoms with Crippen molar-refractivity contribution in [2.24, 2.45) is 11.3 Å². The van der Waals surface area contributed by atoms with E-state index in [0.717, 1.165) is 13.0 Å². The fourth-order valence-electron chi connectivity index (χ4n) is 2.57. The molecular weight excluding hydrogens is 164 g/mol. The third kappa shape index (κ3) is 1.89. The van der Waals surface area contributed by atoms with E-state index in [1.807, 2.05) is 20.8 Å². The van der Waals surface area contributed by atoms with Crippen LogP contribution in [0.15, 0.2) is 0 Å². The summed E-state index contributed by atoms with van der Waals surface area (Å²) in [6.45, 7) is 10.9. The van der Waals surface area contributed by atoms with Gasteiger partial charge in [-0.25, -0.2) is 0 Å². The van der Waals surface area contributed by atoms with E-state index in [2.05, 4.69) is 13.8 Å². The Morgan fingerprint density at radius 1 is 1.46 bits per heavy atom. The Labute approximate surface area is 81.3 Å². The molecule has 0 spiro atoms. The second kappa shape index (κ2) is 3.25. The fraction of sp³-hybridized carbons (Fsp3) is 1.00. The molecule has 2 heteroatoms. The molecule has 0 amide bonds. The molecule has 1 aliphatic rings. The zero-order valence-electron chi connectivity index (χ0n) is 9.42. The molecule has 78 valence electrons. The van der Waals surface area contributed by atoms with Crippen molar-refractivity contribution >= 4 is 0 Å². The summed E-state index contributed by atoms with van der Waals surface area (Å²) < 4.78 is 5.61. The first-order valence-electron chi connectivity index (χ1n) is 5.14. The highest BCUT2D eigenvalue weighted by molar-refractivity contribution is 5.03. The Bertz CT molecular complexity index is 179. The summed E-state index contributed by atoms with van der Waals surface area (Å²) in [7, 11) is 0. The maximum absolute atomic E-state index is 9.90. The van der Waals surface area contributed by atoms with Gasteiger partial charge in [-0.2, -0.15) is 0 Å². The van der Waals surface area contributed by atoms with Crippen molar-refractivity contribution < 1.29 is 9.84 Å². The molecule has 1 N–H and O–H groups in total. The molecule has 2 unspecified atom stereocenters. The van der Waals surface area contributed by atoms with E-state index in [1.54, 1.807) is 0 Å². The van der Waals surface area contributed by atoms with Crippen molar-refractivity contribution in [1.82, 2.24) is 0 Å². The molecule has 1 aliphatic carbocycles. The Hall–Kier alpha value is -0.0800. The van der Waals surface area contributed by atoms with E-state index in [-0.39, 0.29) is 5.41 Å². The van der Waals surface area contributed by atoms with Gasteiger partial charge in [-0.05, 0) is 38.5 Å². The Balaban J connectivity index is 2.59. The quantitative estimate of drug-likeness (QED) is 0.732. The van der Waals surface area contributed by atoms with E-state index in [9.17, 15) is 5.11 Å². The van der Waals surface area contributed by atoms with Crippen molar-refractivity contribution in [3.8, 4) is 0 Å². The minimum Gasteiger partial charge on any atom is -0.390 e. The SMILES string of the molecule is CCOC1CC(C(C)(C)O)C1(C)C. The van der Waals surface area contributed by atoms with Gasteiger partial charge in [-0.1, -0.05) is 13.8 Å². The molecule has 1 saturated carbocycles. The predicted molar refractivity (Wildman–Crippen MR) is 53.6 cm³/mol. The lowest BCUT2D eigenvalue weighted by Gasteiger charge is -2.56. The third-order valence-corrected chi connectivity index (χ3v) is 3.40. The van der Waals surface area contributed by atoms with Crippen LogP contribution in [0.1, 0.15) is 41.0 Å². The maximum atomic E-state index is 9.90. The molecule has 0 aromatic rings. The van der Waals surface area contributed by atoms with Gasteiger partial charge >= 0.3 is 0 Å². The predicted octanol–water partition coefficient (Wildman–Crippen LogP) is 2.21. The molecule has 0 aliphatic heterocycles. The highest BCUT2D eigenvalue weighted by Gasteiger charge is 2.54. The van der Waals surface area contributed by atoms with E-state index >= 15 is 0 Å². The molecule has 13 heavy (non-hydrogen) atoms. The van der Waals surface area contributed by atoms with E-state index < -0.39 is 5.60 Å². The average molecular weight is 186 g/mol. The average Bonchev–Trinajstić information content (AvgIpc) is 1.94. The first-order valence-corrected chi connectivity index (χ1v) is 5.14. The molecule has 0 saturated heterocycles. The standard InChI is InChI=1S/C11H22O2/c1-6-13-9-7-8(10(9,2)3)11(4,5)12/h8-9,12H,6-7H2,1-5H3. The van der Waals surface area contributed by atoms with Crippen LogP contribution in [0.4, 0.5) is 0 Å². The molecule has 0 bridgehead atoms. The monoisotopic (exact) mass is 186 g/mol. The lowest BCUT2D eigenvalue weighted by molar-refractivity contribution is -0.194. The van der Waals surface area contributed by atoms with Crippen LogP contribution < -0.4 is 0 Å². The number of rotatable bonds is 3. The molecule has 1 fully saturated rings. The van der Waals surface area contributed by atoms with Crippen molar-refractivity contribution in [1.29, 1.82) is 0 Å². The first kappa shape index (κ1) is 11.0. The summed E-state index contributed by atoms with van der Waals surface area (Å²) >= 11 is 0. The van der Waals surface area contributed by atoms with Crippen molar-refractivity contribution in [3.05, 3.63) is 0 Å². The van der Waals surface area contributed by atoms with Crippen LogP contribution in [0, 0.1) is 11.3 Å². The molecule has 0 aromatic heterocycles. The van der Waals surface area contributed by atoms with Gasteiger partial charge in [0.25, 0.3) is 0 Å². The summed E-state index contributed by atoms with van der Waals surface area (Å²) in [6, 6.07) is 0. The van der Waals surface area contributed by atoms with Gasteiger partial charge in [0.2, 0.25) is 0 Å². The second-order valence-electron chi connectivity index (χ2n) is 5.21. The normalized spacial score (nSPS) is 32.8. The van der Waals surface area contributed by atoms with Gasteiger partial charge in [0.15, 0.2) is 0 Å². The molecule has 2 nitrogen and oxygen atoms in total. The summed E-state index contributed by atoms with van der Waals surface area (Å²) in [5, 5.41) is 9.90. The lowest BCUT2D eigenvalue weighted by atomic mass is 9.55. The van der Waals surface area contributed by atoms with Gasteiger partial charge < -0.3 is 9.84 Å². The number of hydrogen-bond acceptors (Lipinski definition) is 2. The summed E-state index contributed by atoms with van der Waals surface area (Å²) in [6.07, 6.45) is 1.32. The van der Waals surface area contributed by atoms with Gasteiger partial charge in [-0.15, -0.1) is 0 Å².